The standard InChI is InChI=1S/C30H18F48N3O6P3/c31-7(32)19(55,56)25(67,68)13(43,44)1-82-79-88(85-4-16(49,50)28(73,74)22(61,62)10(37)38)80(83-2-14(45,46)26(69,70)20(57,58)8(33)34)90(87-6-18(53,54)30(77,78)24(65,66)12(41)42)81(84-3-15(47,48)27(71,72)21(59,60)9(35)36)89(79)86-5-17(51,52)29(75,76)23(63,64)11(39)40/h7-12H,1-6H2. The molecule has 60 heteroatoms. The molecule has 0 amide bonds. The minimum absolute atomic E-state index is 2.87. The molecule has 0 aromatic heterocycles. The van der Waals surface area contributed by atoms with E-state index < -0.39 is 224 Å². The smallest absolute Gasteiger partial charge is 0.321 e. The van der Waals surface area contributed by atoms with Crippen LogP contribution >= 0.6 is 25.3 Å². The van der Waals surface area contributed by atoms with Gasteiger partial charge in [-0.05, 0) is 0 Å². The van der Waals surface area contributed by atoms with Gasteiger partial charge in [0.25, 0.3) is 25.3 Å². The number of rotatable bonds is 36. The third-order valence-electron chi connectivity index (χ3n) is 9.96. The van der Waals surface area contributed by atoms with Crippen molar-refractivity contribution in [3.8, 4) is 0 Å². The number of alkyl halides is 48. The van der Waals surface area contributed by atoms with E-state index >= 15 is 52.7 Å². The van der Waals surface area contributed by atoms with E-state index in [2.05, 4.69) is 28.1 Å². The maximum absolute atomic E-state index is 15.0. The molecule has 0 unspecified atom stereocenters. The van der Waals surface area contributed by atoms with Crippen LogP contribution in [0.2, 0.25) is 0 Å². The molecule has 1 aliphatic heterocycles. The van der Waals surface area contributed by atoms with Crippen molar-refractivity contribution in [2.75, 3.05) is 39.6 Å². The molecule has 9 nitrogen and oxygen atoms in total. The Hall–Kier alpha value is -2.43. The van der Waals surface area contributed by atoms with Crippen molar-refractivity contribution in [1.29, 1.82) is 0 Å². The van der Waals surface area contributed by atoms with Gasteiger partial charge in [0.05, 0.1) is 0 Å². The van der Waals surface area contributed by atoms with Gasteiger partial charge in [0.1, 0.15) is 39.6 Å². The first-order chi connectivity index (χ1) is 39.2. The number of hydrogen-bond acceptors (Lipinski definition) is 9. The highest BCUT2D eigenvalue weighted by Gasteiger charge is 2.82. The van der Waals surface area contributed by atoms with Crippen molar-refractivity contribution in [3.05, 3.63) is 0 Å². The van der Waals surface area contributed by atoms with Crippen molar-refractivity contribution in [2.45, 2.75) is 145 Å². The highest BCUT2D eigenvalue weighted by Crippen LogP contribution is 2.79. The highest BCUT2D eigenvalue weighted by atomic mass is 31.3. The van der Waals surface area contributed by atoms with Crippen LogP contribution in [-0.2, 0) is 28.1 Å². The number of hydrogen-bond donors (Lipinski definition) is 0. The van der Waals surface area contributed by atoms with Crippen molar-refractivity contribution in [1.82, 2.24) is 13.8 Å². The average Bonchev–Trinajstić information content (AvgIpc) is 0.950. The summed E-state index contributed by atoms with van der Waals surface area (Å²) in [5.74, 6) is -144. The number of nitrogens with zero attached hydrogens (tertiary/aromatic N) is 3. The number of halogens is 48. The highest BCUT2D eigenvalue weighted by molar-refractivity contribution is 7.77. The molecule has 0 aromatic rings. The zero-order chi connectivity index (χ0) is 72.4. The summed E-state index contributed by atoms with van der Waals surface area (Å²) in [6, 6.07) is 0. The molecule has 1 aliphatic rings. The summed E-state index contributed by atoms with van der Waals surface area (Å²) in [6.07, 6.45) is -38.1. The molecule has 0 aromatic carbocycles. The zero-order valence-electron chi connectivity index (χ0n) is 40.0. The quantitative estimate of drug-likeness (QED) is 0.0451. The van der Waals surface area contributed by atoms with Crippen LogP contribution in [0.3, 0.4) is 0 Å². The van der Waals surface area contributed by atoms with Crippen LogP contribution in [0, 0.1) is 0 Å². The topological polar surface area (TPSA) is 65.1 Å². The van der Waals surface area contributed by atoms with Gasteiger partial charge >= 0.3 is 145 Å². The van der Waals surface area contributed by atoms with Crippen LogP contribution in [0.25, 0.3) is 0 Å². The molecule has 0 bridgehead atoms. The zero-order valence-corrected chi connectivity index (χ0v) is 42.7. The first-order valence-electron chi connectivity index (χ1n) is 20.3. The predicted molar refractivity (Wildman–Crippen MR) is 187 cm³/mol. The lowest BCUT2D eigenvalue weighted by molar-refractivity contribution is -0.356. The molecule has 1 fully saturated rings. The molecular weight excluding hydrogens is 1500 g/mol. The Morgan fingerprint density at radius 3 is 0.422 bits per heavy atom. The van der Waals surface area contributed by atoms with Crippen LogP contribution in [0.4, 0.5) is 211 Å². The van der Waals surface area contributed by atoms with E-state index in [-0.39, 0.29) is 0 Å². The summed E-state index contributed by atoms with van der Waals surface area (Å²) in [4.78, 5) is 9.54. The second kappa shape index (κ2) is 26.9. The van der Waals surface area contributed by atoms with E-state index in [1.807, 2.05) is 0 Å². The first-order valence-corrected chi connectivity index (χ1v) is 23.8. The molecule has 0 N–H and O–H groups in total. The summed E-state index contributed by atoms with van der Waals surface area (Å²) >= 11 is 0. The summed E-state index contributed by atoms with van der Waals surface area (Å²) in [5.41, 5.74) is 0. The van der Waals surface area contributed by atoms with Crippen LogP contribution in [0.5, 0.6) is 0 Å². The predicted octanol–water partition coefficient (Wildman–Crippen LogP) is 17.5. The fourth-order valence-corrected chi connectivity index (χ4v) is 11.8. The SMILES string of the molecule is FC(F)C(F)(F)C(F)(F)C(F)(F)CON1P(OCC(F)(F)C(F)(F)C(F)(F)C(F)F)N(OCC(F)(F)C(F)(F)C(F)(F)C(F)F)P(OCC(F)(F)C(F)(F)C(F)(F)C(F)F)N(OCC(F)(F)C(F)(F)C(F)(F)C(F)F)P1OCC(F)(F)C(F)(F)C(F)(F)C(F)F. The van der Waals surface area contributed by atoms with E-state index in [1.165, 1.54) is 0 Å². The molecular formula is C30H18F48N3O6P3. The van der Waals surface area contributed by atoms with Gasteiger partial charge in [-0.15, -0.1) is 0 Å². The Bertz CT molecular complexity index is 1920. The van der Waals surface area contributed by atoms with Crippen LogP contribution in [0.1, 0.15) is 0 Å². The van der Waals surface area contributed by atoms with Gasteiger partial charge in [-0.25, -0.2) is 52.7 Å². The lowest BCUT2D eigenvalue weighted by Gasteiger charge is -2.51. The van der Waals surface area contributed by atoms with Gasteiger partial charge < -0.3 is 13.6 Å². The van der Waals surface area contributed by atoms with E-state index in [0.29, 0.717) is 0 Å². The summed E-state index contributed by atoms with van der Waals surface area (Å²) < 4.78 is 677. The van der Waals surface area contributed by atoms with Crippen molar-refractivity contribution >= 4 is 25.3 Å². The Kier molecular flexibility index (Phi) is 25.6. The van der Waals surface area contributed by atoms with E-state index in [9.17, 15) is 158 Å². The lowest BCUT2D eigenvalue weighted by atomic mass is 10.1. The molecule has 540 valence electrons. The van der Waals surface area contributed by atoms with Gasteiger partial charge in [0.2, 0.25) is 0 Å². The van der Waals surface area contributed by atoms with Crippen LogP contribution < -0.4 is 0 Å². The first kappa shape index (κ1) is 85.6. The van der Waals surface area contributed by atoms with Crippen LogP contribution in [0.15, 0.2) is 0 Å². The summed E-state index contributed by atoms with van der Waals surface area (Å²) in [7, 11) is -21.2. The van der Waals surface area contributed by atoms with Gasteiger partial charge in [0.15, 0.2) is 0 Å². The lowest BCUT2D eigenvalue weighted by Crippen LogP contribution is -2.61. The molecule has 90 heavy (non-hydrogen) atoms. The Morgan fingerprint density at radius 2 is 0.311 bits per heavy atom. The normalized spacial score (nSPS) is 20.0. The van der Waals surface area contributed by atoms with Gasteiger partial charge in [-0.1, -0.05) is 13.8 Å². The molecule has 0 radical (unpaired) electrons. The van der Waals surface area contributed by atoms with Crippen LogP contribution in [-0.4, -0.2) is 199 Å². The maximum Gasteiger partial charge on any atom is 0.380 e. The summed E-state index contributed by atoms with van der Waals surface area (Å²) in [6.45, 7) is -29.3. The minimum Gasteiger partial charge on any atom is -0.321 e. The third-order valence-corrected chi connectivity index (χ3v) is 16.2. The fourth-order valence-electron chi connectivity index (χ4n) is 4.65. The molecule has 0 atom stereocenters. The second-order valence-corrected chi connectivity index (χ2v) is 21.8. The van der Waals surface area contributed by atoms with E-state index in [4.69, 9.17) is 0 Å². The minimum atomic E-state index is -8.25. The Balaban J connectivity index is 5.31. The Morgan fingerprint density at radius 1 is 0.200 bits per heavy atom. The molecule has 1 heterocycles. The van der Waals surface area contributed by atoms with E-state index in [1.54, 1.807) is 0 Å². The molecule has 0 spiro atoms. The summed E-state index contributed by atoms with van der Waals surface area (Å²) in [5, 5.41) is 0. The Labute approximate surface area is 463 Å². The van der Waals surface area contributed by atoms with Gasteiger partial charge in [-0.3, -0.25) is 14.5 Å². The van der Waals surface area contributed by atoms with Crippen molar-refractivity contribution in [3.63, 3.8) is 0 Å². The van der Waals surface area contributed by atoms with Crippen molar-refractivity contribution in [2.24, 2.45) is 0 Å². The molecule has 1 saturated heterocycles. The maximum atomic E-state index is 15.0. The van der Waals surface area contributed by atoms with Gasteiger partial charge in [-0.2, -0.15) is 158 Å². The molecule has 0 aliphatic carbocycles. The largest absolute Gasteiger partial charge is 0.380 e. The van der Waals surface area contributed by atoms with E-state index in [0.717, 1.165) is 0 Å². The third kappa shape index (κ3) is 15.1. The van der Waals surface area contributed by atoms with Crippen molar-refractivity contribution < 1.29 is 239 Å². The monoisotopic (exact) mass is 1520 g/mol. The molecule has 1 rings (SSSR count). The fraction of sp³-hybridized carbons (Fsp3) is 1.00. The second-order valence-electron chi connectivity index (χ2n) is 16.4. The molecule has 0 saturated carbocycles. The average molecular weight is 1520 g/mol. The van der Waals surface area contributed by atoms with Gasteiger partial charge in [0, 0.05) is 0 Å².